The van der Waals surface area contributed by atoms with Crippen molar-refractivity contribution < 1.29 is 13.9 Å². The molecule has 1 rings (SSSR count). The van der Waals surface area contributed by atoms with E-state index in [4.69, 9.17) is 5.73 Å². The molecule has 0 atom stereocenters. The van der Waals surface area contributed by atoms with E-state index >= 15 is 0 Å². The van der Waals surface area contributed by atoms with Crippen molar-refractivity contribution >= 4 is 11.7 Å². The number of carbonyl (C=O) groups excluding carboxylic acids is 1. The number of nitrogens with two attached hydrogens (primary N) is 1. The molecular weight excluding hydrogens is 185 g/mol. The molecule has 0 aromatic heterocycles. The topological polar surface area (TPSA) is 52.3 Å². The van der Waals surface area contributed by atoms with Crippen LogP contribution in [0.4, 0.5) is 10.1 Å². The predicted molar refractivity (Wildman–Crippen MR) is 51.7 cm³/mol. The summed E-state index contributed by atoms with van der Waals surface area (Å²) >= 11 is 0. The third-order valence-corrected chi connectivity index (χ3v) is 2.06. The summed E-state index contributed by atoms with van der Waals surface area (Å²) in [4.78, 5) is 11.2. The fourth-order valence-electron chi connectivity index (χ4n) is 1.20. The number of aryl methyl sites for hydroxylation is 1. The van der Waals surface area contributed by atoms with Gasteiger partial charge in [-0.2, -0.15) is 0 Å². The van der Waals surface area contributed by atoms with E-state index in [2.05, 4.69) is 4.74 Å². The minimum atomic E-state index is -0.586. The third kappa shape index (κ3) is 1.84. The van der Waals surface area contributed by atoms with E-state index < -0.39 is 12.6 Å². The highest BCUT2D eigenvalue weighted by Crippen LogP contribution is 2.20. The van der Waals surface area contributed by atoms with Gasteiger partial charge in [0, 0.05) is 5.69 Å². The summed E-state index contributed by atoms with van der Waals surface area (Å²) < 4.78 is 16.9. The molecule has 0 fully saturated rings. The number of methoxy groups -OCH3 is 1. The number of carbonyl (C=O) groups is 1. The van der Waals surface area contributed by atoms with E-state index in [1.54, 1.807) is 6.92 Å². The number of esters is 1. The number of alkyl halides is 1. The summed E-state index contributed by atoms with van der Waals surface area (Å²) in [6.07, 6.45) is 0. The summed E-state index contributed by atoms with van der Waals surface area (Å²) in [5.41, 5.74) is 7.29. The van der Waals surface area contributed by atoms with Crippen LogP contribution in [0.3, 0.4) is 0 Å². The molecule has 3 nitrogen and oxygen atoms in total. The van der Waals surface area contributed by atoms with E-state index in [-0.39, 0.29) is 11.3 Å². The molecule has 1 aromatic carbocycles. The van der Waals surface area contributed by atoms with E-state index in [9.17, 15) is 9.18 Å². The first-order valence-corrected chi connectivity index (χ1v) is 4.13. The Morgan fingerprint density at radius 2 is 2.21 bits per heavy atom. The van der Waals surface area contributed by atoms with Crippen molar-refractivity contribution in [2.45, 2.75) is 13.6 Å². The van der Waals surface area contributed by atoms with Gasteiger partial charge in [-0.25, -0.2) is 9.18 Å². The molecule has 76 valence electrons. The maximum Gasteiger partial charge on any atom is 0.339 e. The molecule has 2 N–H and O–H groups in total. The van der Waals surface area contributed by atoms with Crippen LogP contribution in [0.1, 0.15) is 21.5 Å². The molecule has 0 heterocycles. The molecule has 1 aromatic rings. The van der Waals surface area contributed by atoms with Crippen molar-refractivity contribution in [1.82, 2.24) is 0 Å². The van der Waals surface area contributed by atoms with Crippen molar-refractivity contribution in [2.24, 2.45) is 0 Å². The number of nitrogen functional groups attached to an aromatic ring is 1. The summed E-state index contributed by atoms with van der Waals surface area (Å²) in [6, 6.07) is 3.00. The van der Waals surface area contributed by atoms with Crippen molar-refractivity contribution in [3.8, 4) is 0 Å². The van der Waals surface area contributed by atoms with Crippen LogP contribution in [-0.4, -0.2) is 13.1 Å². The van der Waals surface area contributed by atoms with Gasteiger partial charge in [0.1, 0.15) is 6.67 Å². The van der Waals surface area contributed by atoms with Gasteiger partial charge in [0.2, 0.25) is 0 Å². The highest BCUT2D eigenvalue weighted by atomic mass is 19.1. The molecule has 0 saturated heterocycles. The van der Waals surface area contributed by atoms with Crippen LogP contribution in [0.2, 0.25) is 0 Å². The lowest BCUT2D eigenvalue weighted by molar-refractivity contribution is 0.0602. The lowest BCUT2D eigenvalue weighted by atomic mass is 10.0. The molecule has 0 unspecified atom stereocenters. The molecule has 0 amide bonds. The lowest BCUT2D eigenvalue weighted by Gasteiger charge is -2.07. The Morgan fingerprint density at radius 1 is 1.57 bits per heavy atom. The lowest BCUT2D eigenvalue weighted by Crippen LogP contribution is -2.07. The monoisotopic (exact) mass is 197 g/mol. The Balaban J connectivity index is 3.21. The van der Waals surface area contributed by atoms with Crippen molar-refractivity contribution in [3.05, 3.63) is 28.8 Å². The Kier molecular flexibility index (Phi) is 3.06. The van der Waals surface area contributed by atoms with Crippen LogP contribution < -0.4 is 5.73 Å². The van der Waals surface area contributed by atoms with Crippen molar-refractivity contribution in [3.63, 3.8) is 0 Å². The third-order valence-electron chi connectivity index (χ3n) is 2.06. The number of ether oxygens (including phenoxy) is 1. The number of anilines is 1. The Hall–Kier alpha value is -1.58. The number of hydrogen-bond donors (Lipinski definition) is 1. The van der Waals surface area contributed by atoms with Gasteiger partial charge in [-0.3, -0.25) is 0 Å². The number of halogens is 1. The molecule has 0 aliphatic carbocycles. The fourth-order valence-corrected chi connectivity index (χ4v) is 1.20. The highest BCUT2D eigenvalue weighted by Gasteiger charge is 2.12. The summed E-state index contributed by atoms with van der Waals surface area (Å²) in [5.74, 6) is -0.504. The molecule has 0 bridgehead atoms. The minimum Gasteiger partial charge on any atom is -0.465 e. The summed E-state index contributed by atoms with van der Waals surface area (Å²) in [6.45, 7) is 1.14. The van der Waals surface area contributed by atoms with Gasteiger partial charge in [-0.1, -0.05) is 0 Å². The predicted octanol–water partition coefficient (Wildman–Crippen LogP) is 1.83. The first-order valence-electron chi connectivity index (χ1n) is 4.13. The average Bonchev–Trinajstić information content (AvgIpc) is 2.19. The summed E-state index contributed by atoms with van der Waals surface area (Å²) in [5, 5.41) is 0. The van der Waals surface area contributed by atoms with E-state index in [0.29, 0.717) is 11.1 Å². The van der Waals surface area contributed by atoms with Crippen LogP contribution >= 0.6 is 0 Å². The summed E-state index contributed by atoms with van der Waals surface area (Å²) in [7, 11) is 1.28. The fraction of sp³-hybridized carbons (Fsp3) is 0.300. The van der Waals surface area contributed by atoms with Crippen LogP contribution in [0.5, 0.6) is 0 Å². The smallest absolute Gasteiger partial charge is 0.339 e. The SMILES string of the molecule is COC(=O)c1cc(C)c(CF)cc1N. The molecule has 0 aliphatic heterocycles. The van der Waals surface area contributed by atoms with Crippen molar-refractivity contribution in [1.29, 1.82) is 0 Å². The maximum atomic E-state index is 12.4. The molecule has 0 aliphatic rings. The van der Waals surface area contributed by atoms with Gasteiger partial charge < -0.3 is 10.5 Å². The van der Waals surface area contributed by atoms with Crippen molar-refractivity contribution in [2.75, 3.05) is 12.8 Å². The molecule has 0 saturated carbocycles. The normalized spacial score (nSPS) is 9.93. The first kappa shape index (κ1) is 10.5. The molecule has 0 spiro atoms. The number of hydrogen-bond acceptors (Lipinski definition) is 3. The van der Waals surface area contributed by atoms with Crippen LogP contribution in [0.15, 0.2) is 12.1 Å². The standard InChI is InChI=1S/C10H12FNO2/c1-6-3-8(10(13)14-2)9(12)4-7(6)5-11/h3-4H,5,12H2,1-2H3. The maximum absolute atomic E-state index is 12.4. The van der Waals surface area contributed by atoms with E-state index in [1.165, 1.54) is 19.2 Å². The molecule has 4 heteroatoms. The quantitative estimate of drug-likeness (QED) is 0.581. The first-order chi connectivity index (χ1) is 6.60. The average molecular weight is 197 g/mol. The molecular formula is C10H12FNO2. The second-order valence-electron chi connectivity index (χ2n) is 2.99. The van der Waals surface area contributed by atoms with Gasteiger partial charge in [-0.05, 0) is 30.2 Å². The second-order valence-corrected chi connectivity index (χ2v) is 2.99. The van der Waals surface area contributed by atoms with E-state index in [1.807, 2.05) is 0 Å². The largest absolute Gasteiger partial charge is 0.465 e. The minimum absolute atomic E-state index is 0.245. The second kappa shape index (κ2) is 4.09. The van der Waals surface area contributed by atoms with Crippen LogP contribution in [-0.2, 0) is 11.4 Å². The highest BCUT2D eigenvalue weighted by molar-refractivity contribution is 5.95. The van der Waals surface area contributed by atoms with Crippen LogP contribution in [0.25, 0.3) is 0 Å². The number of benzene rings is 1. The van der Waals surface area contributed by atoms with E-state index in [0.717, 1.165) is 0 Å². The zero-order valence-electron chi connectivity index (χ0n) is 8.13. The zero-order valence-corrected chi connectivity index (χ0v) is 8.13. The Labute approximate surface area is 81.7 Å². The molecule has 0 radical (unpaired) electrons. The van der Waals surface area contributed by atoms with Gasteiger partial charge >= 0.3 is 5.97 Å². The Bertz CT molecular complexity index is 363. The Morgan fingerprint density at radius 3 is 2.71 bits per heavy atom. The number of rotatable bonds is 2. The van der Waals surface area contributed by atoms with Gasteiger partial charge in [0.05, 0.1) is 12.7 Å². The zero-order chi connectivity index (χ0) is 10.7. The van der Waals surface area contributed by atoms with Gasteiger partial charge in [0.25, 0.3) is 0 Å². The molecule has 14 heavy (non-hydrogen) atoms. The van der Waals surface area contributed by atoms with Gasteiger partial charge in [-0.15, -0.1) is 0 Å². The van der Waals surface area contributed by atoms with Gasteiger partial charge in [0.15, 0.2) is 0 Å². The van der Waals surface area contributed by atoms with Crippen LogP contribution in [0, 0.1) is 6.92 Å².